The summed E-state index contributed by atoms with van der Waals surface area (Å²) in [5, 5.41) is 2.65. The molecule has 0 unspecified atom stereocenters. The zero-order valence-electron chi connectivity index (χ0n) is 9.47. The van der Waals surface area contributed by atoms with Gasteiger partial charge in [-0.05, 0) is 17.7 Å². The molecular formula is C12H15N3S. The van der Waals surface area contributed by atoms with Gasteiger partial charge >= 0.3 is 0 Å². The maximum Gasteiger partial charge on any atom is 0.180 e. The Hall–Kier alpha value is -1.55. The first-order chi connectivity index (χ1) is 7.65. The van der Waals surface area contributed by atoms with Crippen LogP contribution in [0.3, 0.4) is 0 Å². The van der Waals surface area contributed by atoms with E-state index < -0.39 is 0 Å². The quantitative estimate of drug-likeness (QED) is 0.885. The van der Waals surface area contributed by atoms with Crippen molar-refractivity contribution in [2.24, 2.45) is 0 Å². The number of hydrogen-bond donors (Lipinski definition) is 1. The Labute approximate surface area is 99.5 Å². The fourth-order valence-corrected chi connectivity index (χ4v) is 2.09. The summed E-state index contributed by atoms with van der Waals surface area (Å²) in [6.07, 6.45) is 0.849. The van der Waals surface area contributed by atoms with Crippen molar-refractivity contribution < 1.29 is 0 Å². The number of benzene rings is 1. The van der Waals surface area contributed by atoms with Crippen molar-refractivity contribution in [1.29, 1.82) is 0 Å². The van der Waals surface area contributed by atoms with Crippen LogP contribution in [0, 0.1) is 0 Å². The lowest BCUT2D eigenvalue weighted by molar-refractivity contribution is 1.09. The molecule has 0 aliphatic heterocycles. The van der Waals surface area contributed by atoms with Gasteiger partial charge in [0, 0.05) is 31.6 Å². The van der Waals surface area contributed by atoms with Gasteiger partial charge in [0.25, 0.3) is 0 Å². The lowest BCUT2D eigenvalue weighted by atomic mass is 10.1. The summed E-state index contributed by atoms with van der Waals surface area (Å²) in [7, 11) is 4.08. The smallest absolute Gasteiger partial charge is 0.180 e. The average Bonchev–Trinajstić information content (AvgIpc) is 2.65. The fraction of sp³-hybridized carbons (Fsp3) is 0.250. The molecule has 0 amide bonds. The van der Waals surface area contributed by atoms with Gasteiger partial charge in [-0.1, -0.05) is 12.1 Å². The molecule has 1 heterocycles. The summed E-state index contributed by atoms with van der Waals surface area (Å²) in [5.41, 5.74) is 9.11. The molecule has 0 saturated heterocycles. The summed E-state index contributed by atoms with van der Waals surface area (Å²) in [4.78, 5) is 6.34. The van der Waals surface area contributed by atoms with E-state index in [1.165, 1.54) is 22.6 Å². The van der Waals surface area contributed by atoms with Gasteiger partial charge in [-0.25, -0.2) is 4.98 Å². The van der Waals surface area contributed by atoms with Gasteiger partial charge < -0.3 is 10.6 Å². The second-order valence-corrected chi connectivity index (χ2v) is 4.80. The third kappa shape index (κ3) is 2.52. The number of anilines is 2. The molecule has 1 aromatic heterocycles. The highest BCUT2D eigenvalue weighted by Crippen LogP contribution is 2.17. The van der Waals surface area contributed by atoms with Crippen LogP contribution < -0.4 is 10.6 Å². The second kappa shape index (κ2) is 4.53. The summed E-state index contributed by atoms with van der Waals surface area (Å²) < 4.78 is 0. The van der Waals surface area contributed by atoms with Gasteiger partial charge in [-0.2, -0.15) is 0 Å². The molecule has 16 heavy (non-hydrogen) atoms. The molecule has 84 valence electrons. The molecule has 1 aromatic carbocycles. The van der Waals surface area contributed by atoms with Crippen LogP contribution in [0.2, 0.25) is 0 Å². The van der Waals surface area contributed by atoms with Crippen LogP contribution in [0.1, 0.15) is 11.3 Å². The van der Waals surface area contributed by atoms with Crippen molar-refractivity contribution in [2.75, 3.05) is 24.7 Å². The lowest BCUT2D eigenvalue weighted by Crippen LogP contribution is -2.08. The first kappa shape index (κ1) is 11.0. The largest absolute Gasteiger partial charge is 0.378 e. The van der Waals surface area contributed by atoms with Crippen LogP contribution in [-0.4, -0.2) is 19.1 Å². The van der Waals surface area contributed by atoms with Crippen molar-refractivity contribution in [2.45, 2.75) is 6.42 Å². The number of nitrogens with zero attached hydrogens (tertiary/aromatic N) is 2. The second-order valence-electron chi connectivity index (χ2n) is 3.91. The third-order valence-corrected chi connectivity index (χ3v) is 3.13. The number of hydrogen-bond acceptors (Lipinski definition) is 4. The fourth-order valence-electron chi connectivity index (χ4n) is 1.52. The van der Waals surface area contributed by atoms with Crippen LogP contribution in [0.15, 0.2) is 29.6 Å². The van der Waals surface area contributed by atoms with E-state index in [9.17, 15) is 0 Å². The van der Waals surface area contributed by atoms with E-state index in [2.05, 4.69) is 34.1 Å². The van der Waals surface area contributed by atoms with E-state index in [1.54, 1.807) is 0 Å². The van der Waals surface area contributed by atoms with Crippen molar-refractivity contribution in [1.82, 2.24) is 4.98 Å². The minimum Gasteiger partial charge on any atom is -0.378 e. The van der Waals surface area contributed by atoms with E-state index in [1.807, 2.05) is 19.5 Å². The number of thiazole rings is 1. The van der Waals surface area contributed by atoms with Crippen molar-refractivity contribution in [3.8, 4) is 0 Å². The molecule has 4 heteroatoms. The summed E-state index contributed by atoms with van der Waals surface area (Å²) >= 11 is 1.49. The maximum absolute atomic E-state index is 5.60. The third-order valence-electron chi connectivity index (χ3n) is 2.41. The molecule has 0 radical (unpaired) electrons. The van der Waals surface area contributed by atoms with Crippen LogP contribution in [0.25, 0.3) is 0 Å². The molecule has 0 aliphatic carbocycles. The highest BCUT2D eigenvalue weighted by atomic mass is 32.1. The molecule has 2 aromatic rings. The summed E-state index contributed by atoms with van der Waals surface area (Å²) in [6.45, 7) is 0. The molecule has 0 fully saturated rings. The Balaban J connectivity index is 2.11. The predicted molar refractivity (Wildman–Crippen MR) is 70.1 cm³/mol. The normalized spacial score (nSPS) is 10.4. The molecule has 0 saturated carbocycles. The molecule has 2 N–H and O–H groups in total. The lowest BCUT2D eigenvalue weighted by Gasteiger charge is -2.12. The van der Waals surface area contributed by atoms with E-state index in [4.69, 9.17) is 5.73 Å². The van der Waals surface area contributed by atoms with E-state index >= 15 is 0 Å². The Morgan fingerprint density at radius 3 is 2.44 bits per heavy atom. The van der Waals surface area contributed by atoms with Crippen molar-refractivity contribution in [3.63, 3.8) is 0 Å². The average molecular weight is 233 g/mol. The Kier molecular flexibility index (Phi) is 3.10. The van der Waals surface area contributed by atoms with E-state index in [0.717, 1.165) is 12.1 Å². The van der Waals surface area contributed by atoms with Gasteiger partial charge in [0.15, 0.2) is 5.13 Å². The minimum absolute atomic E-state index is 0.639. The summed E-state index contributed by atoms with van der Waals surface area (Å²) in [5.74, 6) is 0. The van der Waals surface area contributed by atoms with Crippen LogP contribution in [-0.2, 0) is 6.42 Å². The number of nitrogens with two attached hydrogens (primary N) is 1. The molecule has 2 rings (SSSR count). The topological polar surface area (TPSA) is 42.1 Å². The van der Waals surface area contributed by atoms with E-state index in [0.29, 0.717) is 5.13 Å². The molecule has 0 spiro atoms. The first-order valence-corrected chi connectivity index (χ1v) is 5.99. The summed E-state index contributed by atoms with van der Waals surface area (Å²) in [6, 6.07) is 8.49. The van der Waals surface area contributed by atoms with Gasteiger partial charge in [0.2, 0.25) is 0 Å². The van der Waals surface area contributed by atoms with Crippen molar-refractivity contribution >= 4 is 22.2 Å². The van der Waals surface area contributed by atoms with Gasteiger partial charge in [-0.3, -0.25) is 0 Å². The van der Waals surface area contributed by atoms with Crippen LogP contribution >= 0.6 is 11.3 Å². The van der Waals surface area contributed by atoms with Crippen LogP contribution in [0.4, 0.5) is 10.8 Å². The van der Waals surface area contributed by atoms with Gasteiger partial charge in [-0.15, -0.1) is 11.3 Å². The SMILES string of the molecule is CN(C)c1ccc(Cc2csc(N)n2)cc1. The van der Waals surface area contributed by atoms with Crippen molar-refractivity contribution in [3.05, 3.63) is 40.9 Å². The Bertz CT molecular complexity index is 459. The standard InChI is InChI=1S/C12H15N3S/c1-15(2)11-5-3-9(4-6-11)7-10-8-16-12(13)14-10/h3-6,8H,7H2,1-2H3,(H2,13,14). The highest BCUT2D eigenvalue weighted by molar-refractivity contribution is 7.13. The number of nitrogen functional groups attached to an aromatic ring is 1. The molecule has 0 bridgehead atoms. The maximum atomic E-state index is 5.60. The molecule has 0 atom stereocenters. The Morgan fingerprint density at radius 2 is 1.94 bits per heavy atom. The number of aromatic nitrogens is 1. The van der Waals surface area contributed by atoms with E-state index in [-0.39, 0.29) is 0 Å². The molecule has 3 nitrogen and oxygen atoms in total. The predicted octanol–water partition coefficient (Wildman–Crippen LogP) is 2.38. The first-order valence-electron chi connectivity index (χ1n) is 5.11. The monoisotopic (exact) mass is 233 g/mol. The van der Waals surface area contributed by atoms with Gasteiger partial charge in [0.1, 0.15) is 0 Å². The zero-order chi connectivity index (χ0) is 11.5. The van der Waals surface area contributed by atoms with Gasteiger partial charge in [0.05, 0.1) is 5.69 Å². The highest BCUT2D eigenvalue weighted by Gasteiger charge is 2.01. The number of rotatable bonds is 3. The zero-order valence-corrected chi connectivity index (χ0v) is 10.3. The Morgan fingerprint density at radius 1 is 1.25 bits per heavy atom. The minimum atomic E-state index is 0.639. The van der Waals surface area contributed by atoms with Crippen LogP contribution in [0.5, 0.6) is 0 Å². The molecular weight excluding hydrogens is 218 g/mol. The molecule has 0 aliphatic rings.